The maximum atomic E-state index is 5.89. The zero-order valence-corrected chi connectivity index (χ0v) is 10.9. The average Bonchev–Trinajstić information content (AvgIpc) is 2.65. The summed E-state index contributed by atoms with van der Waals surface area (Å²) >= 11 is 7.53. The third kappa shape index (κ3) is 3.71. The van der Waals surface area contributed by atoms with Gasteiger partial charge < -0.3 is 9.47 Å². The van der Waals surface area contributed by atoms with Crippen LogP contribution in [0.3, 0.4) is 0 Å². The van der Waals surface area contributed by atoms with E-state index in [4.69, 9.17) is 21.1 Å². The molecular formula is C11H16ClNO2S. The summed E-state index contributed by atoms with van der Waals surface area (Å²) < 4.78 is 11.5. The van der Waals surface area contributed by atoms with Crippen LogP contribution >= 0.6 is 22.9 Å². The quantitative estimate of drug-likeness (QED) is 0.832. The van der Waals surface area contributed by atoms with Gasteiger partial charge in [-0.25, -0.2) is 0 Å². The van der Waals surface area contributed by atoms with Gasteiger partial charge in [0.15, 0.2) is 0 Å². The zero-order valence-electron chi connectivity index (χ0n) is 9.32. The van der Waals surface area contributed by atoms with Crippen molar-refractivity contribution in [3.8, 4) is 0 Å². The molecule has 1 aliphatic heterocycles. The molecule has 0 bridgehead atoms. The van der Waals surface area contributed by atoms with Crippen molar-refractivity contribution in [2.75, 3.05) is 27.0 Å². The van der Waals surface area contributed by atoms with Crippen LogP contribution in [0.2, 0.25) is 4.34 Å². The highest BCUT2D eigenvalue weighted by Crippen LogP contribution is 2.22. The number of rotatable bonds is 4. The minimum absolute atomic E-state index is 0.300. The molecular weight excluding hydrogens is 246 g/mol. The van der Waals surface area contributed by atoms with Gasteiger partial charge in [-0.2, -0.15) is 0 Å². The van der Waals surface area contributed by atoms with E-state index < -0.39 is 0 Å². The van der Waals surface area contributed by atoms with Gasteiger partial charge in [-0.1, -0.05) is 11.6 Å². The van der Waals surface area contributed by atoms with E-state index in [0.29, 0.717) is 12.9 Å². The lowest BCUT2D eigenvalue weighted by molar-refractivity contribution is -0.143. The average molecular weight is 262 g/mol. The van der Waals surface area contributed by atoms with E-state index in [9.17, 15) is 0 Å². The maximum absolute atomic E-state index is 5.89. The number of hydrogen-bond acceptors (Lipinski definition) is 4. The van der Waals surface area contributed by atoms with Crippen LogP contribution < -0.4 is 0 Å². The Hall–Kier alpha value is -0.130. The van der Waals surface area contributed by atoms with Crippen molar-refractivity contribution in [3.63, 3.8) is 0 Å². The fourth-order valence-corrected chi connectivity index (χ4v) is 2.93. The number of likely N-dealkylation sites (N-methyl/N-ethyl adjacent to an activating group) is 1. The summed E-state index contributed by atoms with van der Waals surface area (Å²) in [6.07, 6.45) is 1.28. The second-order valence-electron chi connectivity index (χ2n) is 4.01. The van der Waals surface area contributed by atoms with Gasteiger partial charge in [0.25, 0.3) is 0 Å². The molecule has 0 unspecified atom stereocenters. The summed E-state index contributed by atoms with van der Waals surface area (Å²) in [6, 6.07) is 4.02. The van der Waals surface area contributed by atoms with Crippen LogP contribution in [0.1, 0.15) is 11.3 Å². The molecule has 2 rings (SSSR count). The van der Waals surface area contributed by atoms with Crippen LogP contribution in [0.4, 0.5) is 0 Å². The Bertz CT molecular complexity index is 326. The van der Waals surface area contributed by atoms with Crippen molar-refractivity contribution >= 4 is 22.9 Å². The second-order valence-corrected chi connectivity index (χ2v) is 5.81. The summed E-state index contributed by atoms with van der Waals surface area (Å²) in [5.41, 5.74) is 0. The van der Waals surface area contributed by atoms with Gasteiger partial charge in [-0.15, -0.1) is 11.3 Å². The summed E-state index contributed by atoms with van der Waals surface area (Å²) in [5, 5.41) is 0. The molecule has 0 N–H and O–H groups in total. The molecule has 0 aliphatic carbocycles. The van der Waals surface area contributed by atoms with E-state index in [1.165, 1.54) is 4.88 Å². The van der Waals surface area contributed by atoms with Crippen molar-refractivity contribution in [2.24, 2.45) is 0 Å². The SMILES string of the molecule is CN(Cc1ccc(Cl)s1)C[C@H]1CCOCO1. The molecule has 16 heavy (non-hydrogen) atoms. The van der Waals surface area contributed by atoms with Gasteiger partial charge in [0.05, 0.1) is 17.0 Å². The molecule has 1 aromatic heterocycles. The van der Waals surface area contributed by atoms with Crippen molar-refractivity contribution in [2.45, 2.75) is 19.1 Å². The molecule has 3 nitrogen and oxygen atoms in total. The highest BCUT2D eigenvalue weighted by molar-refractivity contribution is 7.16. The van der Waals surface area contributed by atoms with Gasteiger partial charge in [0, 0.05) is 18.0 Å². The number of ether oxygens (including phenoxy) is 2. The van der Waals surface area contributed by atoms with Gasteiger partial charge in [0.2, 0.25) is 0 Å². The Balaban J connectivity index is 1.77. The maximum Gasteiger partial charge on any atom is 0.147 e. The smallest absolute Gasteiger partial charge is 0.147 e. The molecule has 0 amide bonds. The number of halogens is 1. The molecule has 1 saturated heterocycles. The van der Waals surface area contributed by atoms with Crippen molar-refractivity contribution in [1.82, 2.24) is 4.90 Å². The van der Waals surface area contributed by atoms with Crippen molar-refractivity contribution < 1.29 is 9.47 Å². The summed E-state index contributed by atoms with van der Waals surface area (Å²) in [5.74, 6) is 0. The van der Waals surface area contributed by atoms with E-state index in [1.807, 2.05) is 6.07 Å². The zero-order chi connectivity index (χ0) is 11.4. The third-order valence-corrected chi connectivity index (χ3v) is 3.76. The fraction of sp³-hybridized carbons (Fsp3) is 0.636. The van der Waals surface area contributed by atoms with E-state index in [-0.39, 0.29) is 0 Å². The summed E-state index contributed by atoms with van der Waals surface area (Å²) in [7, 11) is 2.10. The molecule has 0 aromatic carbocycles. The number of hydrogen-bond donors (Lipinski definition) is 0. The minimum Gasteiger partial charge on any atom is -0.355 e. The third-order valence-electron chi connectivity index (χ3n) is 2.54. The molecule has 1 atom stereocenters. The Morgan fingerprint density at radius 1 is 1.56 bits per heavy atom. The van der Waals surface area contributed by atoms with E-state index in [1.54, 1.807) is 11.3 Å². The van der Waals surface area contributed by atoms with Crippen LogP contribution in [0.15, 0.2) is 12.1 Å². The molecule has 1 aromatic rings. The lowest BCUT2D eigenvalue weighted by atomic mass is 10.2. The van der Waals surface area contributed by atoms with Gasteiger partial charge in [0.1, 0.15) is 6.79 Å². The number of thiophene rings is 1. The molecule has 2 heterocycles. The molecule has 1 aliphatic rings. The first-order chi connectivity index (χ1) is 7.74. The van der Waals surface area contributed by atoms with E-state index >= 15 is 0 Å². The first-order valence-electron chi connectivity index (χ1n) is 5.36. The van der Waals surface area contributed by atoms with Crippen LogP contribution in [-0.2, 0) is 16.0 Å². The standard InChI is InChI=1S/C11H16ClNO2S/c1-13(6-9-4-5-14-8-15-9)7-10-2-3-11(12)16-10/h2-3,9H,4-8H2,1H3/t9-/m1/s1. The molecule has 0 spiro atoms. The van der Waals surface area contributed by atoms with E-state index in [2.05, 4.69) is 18.0 Å². The topological polar surface area (TPSA) is 21.7 Å². The predicted molar refractivity (Wildman–Crippen MR) is 66.0 cm³/mol. The van der Waals surface area contributed by atoms with Crippen LogP contribution in [-0.4, -0.2) is 38.0 Å². The predicted octanol–water partition coefficient (Wildman–Crippen LogP) is 2.60. The van der Waals surface area contributed by atoms with Gasteiger partial charge in [-0.05, 0) is 25.6 Å². The Labute approximate surface area is 105 Å². The Morgan fingerprint density at radius 3 is 3.06 bits per heavy atom. The molecule has 90 valence electrons. The summed E-state index contributed by atoms with van der Waals surface area (Å²) in [4.78, 5) is 3.55. The minimum atomic E-state index is 0.300. The lowest BCUT2D eigenvalue weighted by Gasteiger charge is -2.27. The first-order valence-corrected chi connectivity index (χ1v) is 6.55. The normalized spacial score (nSPS) is 21.6. The second kappa shape index (κ2) is 5.98. The molecule has 1 fully saturated rings. The Morgan fingerprint density at radius 2 is 2.44 bits per heavy atom. The monoisotopic (exact) mass is 261 g/mol. The van der Waals surface area contributed by atoms with Crippen molar-refractivity contribution in [1.29, 1.82) is 0 Å². The van der Waals surface area contributed by atoms with Crippen LogP contribution in [0.25, 0.3) is 0 Å². The highest BCUT2D eigenvalue weighted by Gasteiger charge is 2.16. The number of nitrogens with zero attached hydrogens (tertiary/aromatic N) is 1. The van der Waals surface area contributed by atoms with E-state index in [0.717, 1.165) is 30.5 Å². The van der Waals surface area contributed by atoms with Gasteiger partial charge in [-0.3, -0.25) is 4.90 Å². The molecule has 0 radical (unpaired) electrons. The Kier molecular flexibility index (Phi) is 4.61. The first kappa shape index (κ1) is 12.3. The lowest BCUT2D eigenvalue weighted by Crippen LogP contribution is -2.34. The highest BCUT2D eigenvalue weighted by atomic mass is 35.5. The van der Waals surface area contributed by atoms with Crippen LogP contribution in [0.5, 0.6) is 0 Å². The molecule has 5 heteroatoms. The molecule has 0 saturated carbocycles. The summed E-state index contributed by atoms with van der Waals surface area (Å²) in [6.45, 7) is 3.11. The van der Waals surface area contributed by atoms with Crippen molar-refractivity contribution in [3.05, 3.63) is 21.3 Å². The van der Waals surface area contributed by atoms with Crippen LogP contribution in [0, 0.1) is 0 Å². The fourth-order valence-electron chi connectivity index (χ4n) is 1.76. The van der Waals surface area contributed by atoms with Gasteiger partial charge >= 0.3 is 0 Å². The largest absolute Gasteiger partial charge is 0.355 e.